The smallest absolute Gasteiger partial charge is 0.317 e. The van der Waals surface area contributed by atoms with Crippen LogP contribution in [-0.2, 0) is 0 Å². The molecule has 1 saturated carbocycles. The molecule has 108 valence electrons. The Bertz CT molecular complexity index is 527. The Labute approximate surface area is 117 Å². The third-order valence-corrected chi connectivity index (χ3v) is 4.57. The van der Waals surface area contributed by atoms with E-state index in [2.05, 4.69) is 27.3 Å². The Balaban J connectivity index is 1.45. The van der Waals surface area contributed by atoms with Crippen molar-refractivity contribution in [2.75, 3.05) is 26.2 Å². The van der Waals surface area contributed by atoms with Crippen LogP contribution >= 0.6 is 0 Å². The SMILES string of the molecule is C[C@@H](c1nc(C2CC2)no1)N1CCN2C(=O)NC[C@@H]2C1. The predicted molar refractivity (Wildman–Crippen MR) is 70.2 cm³/mol. The highest BCUT2D eigenvalue weighted by Crippen LogP contribution is 2.38. The third-order valence-electron chi connectivity index (χ3n) is 4.57. The minimum Gasteiger partial charge on any atom is -0.338 e. The lowest BCUT2D eigenvalue weighted by Crippen LogP contribution is -2.52. The van der Waals surface area contributed by atoms with Crippen molar-refractivity contribution in [2.45, 2.75) is 37.8 Å². The number of nitrogens with one attached hydrogen (secondary N) is 1. The van der Waals surface area contributed by atoms with Crippen LogP contribution in [0.5, 0.6) is 0 Å². The minimum atomic E-state index is 0.0658. The molecule has 0 spiro atoms. The lowest BCUT2D eigenvalue weighted by Gasteiger charge is -2.38. The first kappa shape index (κ1) is 12.1. The summed E-state index contributed by atoms with van der Waals surface area (Å²) in [6.07, 6.45) is 2.36. The van der Waals surface area contributed by atoms with E-state index >= 15 is 0 Å². The van der Waals surface area contributed by atoms with Crippen LogP contribution in [0.2, 0.25) is 0 Å². The van der Waals surface area contributed by atoms with E-state index in [1.807, 2.05) is 4.90 Å². The first-order chi connectivity index (χ1) is 9.72. The summed E-state index contributed by atoms with van der Waals surface area (Å²) in [6.45, 7) is 5.32. The molecule has 3 fully saturated rings. The Kier molecular flexibility index (Phi) is 2.70. The Morgan fingerprint density at radius 2 is 2.25 bits per heavy atom. The molecule has 4 rings (SSSR count). The zero-order valence-corrected chi connectivity index (χ0v) is 11.6. The number of urea groups is 1. The van der Waals surface area contributed by atoms with Crippen molar-refractivity contribution < 1.29 is 9.32 Å². The fourth-order valence-electron chi connectivity index (χ4n) is 3.06. The lowest BCUT2D eigenvalue weighted by molar-refractivity contribution is 0.0812. The van der Waals surface area contributed by atoms with E-state index < -0.39 is 0 Å². The molecule has 1 aromatic rings. The van der Waals surface area contributed by atoms with Crippen LogP contribution in [0, 0.1) is 0 Å². The molecule has 1 aliphatic carbocycles. The molecule has 0 aromatic carbocycles. The molecule has 20 heavy (non-hydrogen) atoms. The summed E-state index contributed by atoms with van der Waals surface area (Å²) in [5, 5.41) is 6.98. The molecule has 1 N–H and O–H groups in total. The molecular weight excluding hydrogens is 258 g/mol. The van der Waals surface area contributed by atoms with Crippen LogP contribution < -0.4 is 5.32 Å². The van der Waals surface area contributed by atoms with Gasteiger partial charge in [0, 0.05) is 32.1 Å². The topological polar surface area (TPSA) is 74.5 Å². The molecule has 3 aliphatic rings. The van der Waals surface area contributed by atoms with Crippen LogP contribution in [-0.4, -0.2) is 58.2 Å². The molecule has 7 nitrogen and oxygen atoms in total. The average molecular weight is 277 g/mol. The second kappa shape index (κ2) is 4.44. The summed E-state index contributed by atoms with van der Waals surface area (Å²) >= 11 is 0. The molecule has 2 saturated heterocycles. The molecule has 1 aromatic heterocycles. The van der Waals surface area contributed by atoms with Gasteiger partial charge in [-0.05, 0) is 19.8 Å². The van der Waals surface area contributed by atoms with Crippen LogP contribution in [0.4, 0.5) is 4.79 Å². The van der Waals surface area contributed by atoms with Gasteiger partial charge in [-0.2, -0.15) is 4.98 Å². The highest BCUT2D eigenvalue weighted by atomic mass is 16.5. The molecule has 3 heterocycles. The lowest BCUT2D eigenvalue weighted by atomic mass is 10.1. The minimum absolute atomic E-state index is 0.0658. The summed E-state index contributed by atoms with van der Waals surface area (Å²) in [5.74, 6) is 2.09. The maximum atomic E-state index is 11.6. The zero-order valence-electron chi connectivity index (χ0n) is 11.6. The summed E-state index contributed by atoms with van der Waals surface area (Å²) < 4.78 is 5.41. The fraction of sp³-hybridized carbons (Fsp3) is 0.769. The summed E-state index contributed by atoms with van der Waals surface area (Å²) in [5.41, 5.74) is 0. The second-order valence-electron chi connectivity index (χ2n) is 5.97. The number of hydrogen-bond acceptors (Lipinski definition) is 5. The largest absolute Gasteiger partial charge is 0.338 e. The molecular formula is C13H19N5O2. The molecule has 0 unspecified atom stereocenters. The zero-order chi connectivity index (χ0) is 13.7. The molecule has 2 atom stereocenters. The standard InChI is InChI=1S/C13H19N5O2/c1-8(12-15-11(16-20-12)9-2-3-9)17-4-5-18-10(7-17)6-14-13(18)19/h8-10H,2-7H2,1H3,(H,14,19)/t8-,10+/m0/s1. The van der Waals surface area contributed by atoms with E-state index in [-0.39, 0.29) is 18.1 Å². The van der Waals surface area contributed by atoms with Crippen LogP contribution in [0.1, 0.15) is 43.4 Å². The summed E-state index contributed by atoms with van der Waals surface area (Å²) in [4.78, 5) is 20.4. The Morgan fingerprint density at radius 1 is 1.40 bits per heavy atom. The molecule has 7 heteroatoms. The quantitative estimate of drug-likeness (QED) is 0.881. The number of piperazine rings is 1. The Hall–Kier alpha value is -1.63. The van der Waals surface area contributed by atoms with Crippen molar-refractivity contribution in [3.63, 3.8) is 0 Å². The van der Waals surface area contributed by atoms with Crippen molar-refractivity contribution in [1.82, 2.24) is 25.3 Å². The first-order valence-electron chi connectivity index (χ1n) is 7.34. The number of carbonyl (C=O) groups is 1. The first-order valence-corrected chi connectivity index (χ1v) is 7.34. The number of rotatable bonds is 3. The third kappa shape index (κ3) is 1.96. The predicted octanol–water partition coefficient (Wildman–Crippen LogP) is 0.717. The van der Waals surface area contributed by atoms with Gasteiger partial charge in [0.2, 0.25) is 5.89 Å². The van der Waals surface area contributed by atoms with E-state index in [0.717, 1.165) is 32.0 Å². The molecule has 2 amide bonds. The summed E-state index contributed by atoms with van der Waals surface area (Å²) in [6, 6.07) is 0.452. The van der Waals surface area contributed by atoms with Crippen molar-refractivity contribution >= 4 is 6.03 Å². The van der Waals surface area contributed by atoms with Gasteiger partial charge >= 0.3 is 6.03 Å². The highest BCUT2D eigenvalue weighted by molar-refractivity contribution is 5.77. The van der Waals surface area contributed by atoms with Crippen LogP contribution in [0.3, 0.4) is 0 Å². The van der Waals surface area contributed by atoms with Gasteiger partial charge in [0.1, 0.15) is 0 Å². The van der Waals surface area contributed by atoms with Gasteiger partial charge < -0.3 is 14.7 Å². The van der Waals surface area contributed by atoms with E-state index in [4.69, 9.17) is 4.52 Å². The number of nitrogens with zero attached hydrogens (tertiary/aromatic N) is 4. The van der Waals surface area contributed by atoms with Gasteiger partial charge in [0.05, 0.1) is 12.1 Å². The summed E-state index contributed by atoms with van der Waals surface area (Å²) in [7, 11) is 0. The van der Waals surface area contributed by atoms with Gasteiger partial charge in [-0.25, -0.2) is 4.79 Å². The van der Waals surface area contributed by atoms with Gasteiger partial charge in [0.25, 0.3) is 0 Å². The van der Waals surface area contributed by atoms with E-state index in [0.29, 0.717) is 11.8 Å². The van der Waals surface area contributed by atoms with Crippen LogP contribution in [0.15, 0.2) is 4.52 Å². The van der Waals surface area contributed by atoms with Crippen molar-refractivity contribution in [2.24, 2.45) is 0 Å². The maximum Gasteiger partial charge on any atom is 0.317 e. The molecule has 0 radical (unpaired) electrons. The highest BCUT2D eigenvalue weighted by Gasteiger charge is 2.38. The average Bonchev–Trinajstić information content (AvgIpc) is 3.09. The van der Waals surface area contributed by atoms with Crippen molar-refractivity contribution in [1.29, 1.82) is 0 Å². The molecule has 0 bridgehead atoms. The van der Waals surface area contributed by atoms with Gasteiger partial charge in [-0.1, -0.05) is 5.16 Å². The maximum absolute atomic E-state index is 11.6. The normalized spacial score (nSPS) is 28.4. The van der Waals surface area contributed by atoms with Gasteiger partial charge in [-0.3, -0.25) is 4.90 Å². The number of carbonyl (C=O) groups excluding carboxylic acids is 1. The fourth-order valence-corrected chi connectivity index (χ4v) is 3.06. The van der Waals surface area contributed by atoms with E-state index in [1.54, 1.807) is 0 Å². The number of aromatic nitrogens is 2. The van der Waals surface area contributed by atoms with Crippen molar-refractivity contribution in [3.05, 3.63) is 11.7 Å². The van der Waals surface area contributed by atoms with Gasteiger partial charge in [0.15, 0.2) is 5.82 Å². The van der Waals surface area contributed by atoms with Crippen LogP contribution in [0.25, 0.3) is 0 Å². The van der Waals surface area contributed by atoms with E-state index in [9.17, 15) is 4.79 Å². The van der Waals surface area contributed by atoms with E-state index in [1.165, 1.54) is 12.8 Å². The number of fused-ring (bicyclic) bond motifs is 1. The number of amides is 2. The number of hydrogen-bond donors (Lipinski definition) is 1. The van der Waals surface area contributed by atoms with Gasteiger partial charge in [-0.15, -0.1) is 0 Å². The molecule has 2 aliphatic heterocycles. The monoisotopic (exact) mass is 277 g/mol. The van der Waals surface area contributed by atoms with Crippen molar-refractivity contribution in [3.8, 4) is 0 Å². The second-order valence-corrected chi connectivity index (χ2v) is 5.97. The Morgan fingerprint density at radius 3 is 3.05 bits per heavy atom.